The summed E-state index contributed by atoms with van der Waals surface area (Å²) < 4.78 is 44.2. The molecule has 2 aromatic heterocycles. The van der Waals surface area contributed by atoms with E-state index >= 15 is 0 Å². The van der Waals surface area contributed by atoms with Crippen molar-refractivity contribution in [1.29, 1.82) is 0 Å². The van der Waals surface area contributed by atoms with Crippen LogP contribution in [0.3, 0.4) is 0 Å². The Labute approximate surface area is 150 Å². The van der Waals surface area contributed by atoms with Gasteiger partial charge in [-0.2, -0.15) is 13.2 Å². The average molecular weight is 382 g/mol. The first-order chi connectivity index (χ1) is 12.4. The van der Waals surface area contributed by atoms with Crippen molar-refractivity contribution >= 4 is 27.3 Å². The van der Waals surface area contributed by atoms with Gasteiger partial charge in [-0.05, 0) is 30.3 Å². The summed E-state index contributed by atoms with van der Waals surface area (Å²) in [7, 11) is 0. The molecule has 26 heavy (non-hydrogen) atoms. The predicted molar refractivity (Wildman–Crippen MR) is 90.6 cm³/mol. The monoisotopic (exact) mass is 382 g/mol. The number of hydrogen-bond acceptors (Lipinski definition) is 5. The van der Waals surface area contributed by atoms with E-state index < -0.39 is 11.7 Å². The number of nitrogens with one attached hydrogen (secondary N) is 1. The van der Waals surface area contributed by atoms with Crippen molar-refractivity contribution in [2.45, 2.75) is 6.18 Å². The zero-order valence-corrected chi connectivity index (χ0v) is 14.0. The van der Waals surface area contributed by atoms with Crippen molar-refractivity contribution < 1.29 is 27.8 Å². The van der Waals surface area contributed by atoms with Crippen molar-refractivity contribution in [3.05, 3.63) is 53.2 Å². The van der Waals surface area contributed by atoms with E-state index in [4.69, 9.17) is 9.84 Å². The van der Waals surface area contributed by atoms with Crippen LogP contribution in [0.25, 0.3) is 10.1 Å². The standard InChI is InChI=1S/C17H13F3N2O3S/c18-17(19,20)10-1-3-11(4-2-10)25-13-8-21-9-15-12(13)7-14(26-15)16(24)22-5-6-23/h1-4,7-9,23H,5-6H2,(H,22,24). The van der Waals surface area contributed by atoms with Crippen LogP contribution in [0, 0.1) is 0 Å². The van der Waals surface area contributed by atoms with Gasteiger partial charge >= 0.3 is 6.18 Å². The number of benzene rings is 1. The Morgan fingerprint density at radius 2 is 1.96 bits per heavy atom. The lowest BCUT2D eigenvalue weighted by atomic mass is 10.2. The number of fused-ring (bicyclic) bond motifs is 1. The largest absolute Gasteiger partial charge is 0.455 e. The van der Waals surface area contributed by atoms with E-state index in [9.17, 15) is 18.0 Å². The molecule has 0 bridgehead atoms. The highest BCUT2D eigenvalue weighted by Crippen LogP contribution is 2.35. The first kappa shape index (κ1) is 18.2. The van der Waals surface area contributed by atoms with Crippen molar-refractivity contribution in [2.24, 2.45) is 0 Å². The summed E-state index contributed by atoms with van der Waals surface area (Å²) in [6, 6.07) is 5.94. The van der Waals surface area contributed by atoms with Crippen LogP contribution in [-0.4, -0.2) is 29.1 Å². The molecule has 0 spiro atoms. The number of pyridine rings is 1. The third-order valence-electron chi connectivity index (χ3n) is 3.44. The van der Waals surface area contributed by atoms with E-state index in [1.54, 1.807) is 12.3 Å². The third kappa shape index (κ3) is 3.94. The van der Waals surface area contributed by atoms with Crippen LogP contribution < -0.4 is 10.1 Å². The lowest BCUT2D eigenvalue weighted by molar-refractivity contribution is -0.137. The second kappa shape index (κ2) is 7.30. The zero-order chi connectivity index (χ0) is 18.7. The molecule has 9 heteroatoms. The Hall–Kier alpha value is -2.65. The smallest absolute Gasteiger partial charge is 0.416 e. The maximum Gasteiger partial charge on any atom is 0.416 e. The molecule has 0 saturated carbocycles. The Morgan fingerprint density at radius 3 is 2.62 bits per heavy atom. The Morgan fingerprint density at radius 1 is 1.23 bits per heavy atom. The van der Waals surface area contributed by atoms with Gasteiger partial charge in [-0.15, -0.1) is 11.3 Å². The van der Waals surface area contributed by atoms with Crippen LogP contribution in [0.1, 0.15) is 15.2 Å². The second-order valence-corrected chi connectivity index (χ2v) is 6.35. The fourth-order valence-electron chi connectivity index (χ4n) is 2.22. The number of alkyl halides is 3. The minimum absolute atomic E-state index is 0.139. The van der Waals surface area contributed by atoms with E-state index in [-0.39, 0.29) is 24.8 Å². The molecule has 2 heterocycles. The number of rotatable bonds is 5. The molecule has 1 aromatic carbocycles. The van der Waals surface area contributed by atoms with Crippen molar-refractivity contribution in [3.63, 3.8) is 0 Å². The predicted octanol–water partition coefficient (Wildman–Crippen LogP) is 3.83. The van der Waals surface area contributed by atoms with E-state index in [1.165, 1.54) is 29.7 Å². The van der Waals surface area contributed by atoms with Gasteiger partial charge < -0.3 is 15.2 Å². The van der Waals surface area contributed by atoms with Gasteiger partial charge in [0.25, 0.3) is 5.91 Å². The third-order valence-corrected chi connectivity index (χ3v) is 4.51. The van der Waals surface area contributed by atoms with Crippen LogP contribution in [0.15, 0.2) is 42.7 Å². The SMILES string of the molecule is O=C(NCCO)c1cc2c(Oc3ccc(C(F)(F)F)cc3)cncc2s1. The molecule has 136 valence electrons. The first-order valence-corrected chi connectivity index (χ1v) is 8.32. The molecule has 0 aliphatic carbocycles. The molecule has 1 amide bonds. The van der Waals surface area contributed by atoms with Crippen molar-refractivity contribution in [3.8, 4) is 11.5 Å². The maximum absolute atomic E-state index is 12.6. The molecule has 0 radical (unpaired) electrons. The van der Waals surface area contributed by atoms with Crippen molar-refractivity contribution in [1.82, 2.24) is 10.3 Å². The summed E-state index contributed by atoms with van der Waals surface area (Å²) in [5.41, 5.74) is -0.764. The van der Waals surface area contributed by atoms with Gasteiger partial charge in [0.15, 0.2) is 5.75 Å². The number of carbonyl (C=O) groups is 1. The summed E-state index contributed by atoms with van der Waals surface area (Å²) in [5, 5.41) is 11.9. The Bertz CT molecular complexity index is 923. The molecule has 2 N–H and O–H groups in total. The first-order valence-electron chi connectivity index (χ1n) is 7.50. The Balaban J connectivity index is 1.86. The number of nitrogens with zero attached hydrogens (tertiary/aromatic N) is 1. The number of aliphatic hydroxyl groups is 1. The van der Waals surface area contributed by atoms with Gasteiger partial charge in [-0.25, -0.2) is 0 Å². The molecule has 0 aliphatic heterocycles. The summed E-state index contributed by atoms with van der Waals surface area (Å²) >= 11 is 1.20. The lowest BCUT2D eigenvalue weighted by Crippen LogP contribution is -2.25. The highest BCUT2D eigenvalue weighted by molar-refractivity contribution is 7.20. The molecular formula is C17H13F3N2O3S. The Kier molecular flexibility index (Phi) is 5.10. The number of ether oxygens (including phenoxy) is 1. The number of amides is 1. The fourth-order valence-corrected chi connectivity index (χ4v) is 3.19. The van der Waals surface area contributed by atoms with Gasteiger partial charge in [0, 0.05) is 18.1 Å². The summed E-state index contributed by atoms with van der Waals surface area (Å²) in [5.74, 6) is 0.227. The zero-order valence-electron chi connectivity index (χ0n) is 13.2. The molecule has 0 aliphatic rings. The normalized spacial score (nSPS) is 11.5. The molecule has 3 rings (SSSR count). The average Bonchev–Trinajstić information content (AvgIpc) is 3.05. The van der Waals surface area contributed by atoms with Gasteiger partial charge in [-0.1, -0.05) is 0 Å². The van der Waals surface area contributed by atoms with E-state index in [0.717, 1.165) is 12.1 Å². The molecule has 0 saturated heterocycles. The summed E-state index contributed by atoms with van der Waals surface area (Å²) in [6.07, 6.45) is -1.41. The number of hydrogen-bond donors (Lipinski definition) is 2. The van der Waals surface area contributed by atoms with Crippen LogP contribution in [0.5, 0.6) is 11.5 Å². The quantitative estimate of drug-likeness (QED) is 0.704. The second-order valence-electron chi connectivity index (χ2n) is 5.26. The van der Waals surface area contributed by atoms with Crippen LogP contribution in [0.4, 0.5) is 13.2 Å². The van der Waals surface area contributed by atoms with Crippen molar-refractivity contribution in [2.75, 3.05) is 13.2 Å². The molecule has 5 nitrogen and oxygen atoms in total. The van der Waals surface area contributed by atoms with Gasteiger partial charge in [-0.3, -0.25) is 9.78 Å². The number of halogens is 3. The minimum atomic E-state index is -4.41. The van der Waals surface area contributed by atoms with E-state index in [2.05, 4.69) is 10.3 Å². The van der Waals surface area contributed by atoms with Gasteiger partial charge in [0.2, 0.25) is 0 Å². The number of aliphatic hydroxyl groups excluding tert-OH is 1. The van der Waals surface area contributed by atoms with Crippen LogP contribution in [0.2, 0.25) is 0 Å². The molecule has 0 fully saturated rings. The summed E-state index contributed by atoms with van der Waals surface area (Å²) in [6.45, 7) is -0.0271. The van der Waals surface area contributed by atoms with E-state index in [0.29, 0.717) is 20.7 Å². The molecular weight excluding hydrogens is 369 g/mol. The molecule has 0 unspecified atom stereocenters. The minimum Gasteiger partial charge on any atom is -0.455 e. The maximum atomic E-state index is 12.6. The van der Waals surface area contributed by atoms with Crippen LogP contribution in [-0.2, 0) is 6.18 Å². The molecule has 3 aromatic rings. The van der Waals surface area contributed by atoms with E-state index in [1.807, 2.05) is 0 Å². The highest BCUT2D eigenvalue weighted by Gasteiger charge is 2.30. The topological polar surface area (TPSA) is 71.5 Å². The van der Waals surface area contributed by atoms with Gasteiger partial charge in [0.05, 0.1) is 27.9 Å². The number of thiophene rings is 1. The fraction of sp³-hybridized carbons (Fsp3) is 0.176. The number of aromatic nitrogens is 1. The molecule has 0 atom stereocenters. The summed E-state index contributed by atoms with van der Waals surface area (Å²) in [4.78, 5) is 16.4. The van der Waals surface area contributed by atoms with Crippen LogP contribution >= 0.6 is 11.3 Å². The highest BCUT2D eigenvalue weighted by atomic mass is 32.1. The number of carbonyl (C=O) groups excluding carboxylic acids is 1. The lowest BCUT2D eigenvalue weighted by Gasteiger charge is -2.09. The van der Waals surface area contributed by atoms with Gasteiger partial charge in [0.1, 0.15) is 5.75 Å².